The Balaban J connectivity index is 2.04. The van der Waals surface area contributed by atoms with Crippen molar-refractivity contribution in [3.8, 4) is 0 Å². The van der Waals surface area contributed by atoms with Gasteiger partial charge < -0.3 is 14.8 Å². The summed E-state index contributed by atoms with van der Waals surface area (Å²) in [5.74, 6) is -1.77. The van der Waals surface area contributed by atoms with Crippen molar-refractivity contribution in [1.29, 1.82) is 0 Å². The number of esters is 2. The maximum atomic E-state index is 12.6. The quantitative estimate of drug-likeness (QED) is 0.494. The maximum Gasteiger partial charge on any atom is 0.340 e. The number of carbonyl (C=O) groups is 3. The molecule has 0 fully saturated rings. The van der Waals surface area contributed by atoms with Crippen LogP contribution in [0.4, 0.5) is 0 Å². The Labute approximate surface area is 172 Å². The molecule has 2 aromatic rings. The smallest absolute Gasteiger partial charge is 0.340 e. The molecule has 0 aliphatic heterocycles. The van der Waals surface area contributed by atoms with Gasteiger partial charge in [-0.3, -0.25) is 4.79 Å². The third-order valence-corrected chi connectivity index (χ3v) is 5.88. The number of amides is 1. The van der Waals surface area contributed by atoms with E-state index in [1.807, 2.05) is 48.9 Å². The predicted molar refractivity (Wildman–Crippen MR) is 111 cm³/mol. The molecule has 1 N–H and O–H groups in total. The van der Waals surface area contributed by atoms with Crippen molar-refractivity contribution in [3.63, 3.8) is 0 Å². The van der Waals surface area contributed by atoms with E-state index in [1.54, 1.807) is 6.08 Å². The van der Waals surface area contributed by atoms with Crippen LogP contribution in [0.3, 0.4) is 0 Å². The highest BCUT2D eigenvalue weighted by atomic mass is 32.1. The second kappa shape index (κ2) is 10.8. The van der Waals surface area contributed by atoms with Crippen molar-refractivity contribution in [3.05, 3.63) is 44.8 Å². The zero-order valence-electron chi connectivity index (χ0n) is 16.0. The summed E-state index contributed by atoms with van der Waals surface area (Å²) in [5, 5.41) is 6.37. The highest BCUT2D eigenvalue weighted by Crippen LogP contribution is 2.25. The molecule has 0 saturated heterocycles. The molecule has 150 valence electrons. The largest absolute Gasteiger partial charge is 0.467 e. The van der Waals surface area contributed by atoms with Crippen LogP contribution in [0.2, 0.25) is 0 Å². The van der Waals surface area contributed by atoms with Gasteiger partial charge in [-0.05, 0) is 34.9 Å². The third-order valence-electron chi connectivity index (χ3n) is 4.16. The van der Waals surface area contributed by atoms with Gasteiger partial charge in [0.1, 0.15) is 6.04 Å². The monoisotopic (exact) mass is 421 g/mol. The average molecular weight is 422 g/mol. The summed E-state index contributed by atoms with van der Waals surface area (Å²) >= 11 is 2.91. The van der Waals surface area contributed by atoms with Gasteiger partial charge in [0.05, 0.1) is 12.7 Å². The molecule has 0 bridgehead atoms. The van der Waals surface area contributed by atoms with Gasteiger partial charge in [0.25, 0.3) is 5.91 Å². The molecule has 0 aromatic carbocycles. The molecule has 6 nitrogen and oxygen atoms in total. The Morgan fingerprint density at radius 1 is 1.18 bits per heavy atom. The van der Waals surface area contributed by atoms with E-state index in [0.29, 0.717) is 12.0 Å². The lowest BCUT2D eigenvalue weighted by Gasteiger charge is -2.21. The molecule has 2 rings (SSSR count). The molecule has 0 unspecified atom stereocenters. The molecular formula is C20H23NO5S2. The molecule has 2 aromatic heterocycles. The minimum absolute atomic E-state index is 0.104. The van der Waals surface area contributed by atoms with E-state index in [-0.39, 0.29) is 5.92 Å². The lowest BCUT2D eigenvalue weighted by Crippen LogP contribution is -2.47. The van der Waals surface area contributed by atoms with Crippen LogP contribution < -0.4 is 5.32 Å². The number of hydrogen-bond acceptors (Lipinski definition) is 7. The number of ether oxygens (including phenoxy) is 2. The van der Waals surface area contributed by atoms with E-state index < -0.39 is 30.5 Å². The van der Waals surface area contributed by atoms with Gasteiger partial charge in [-0.25, -0.2) is 9.59 Å². The van der Waals surface area contributed by atoms with Crippen LogP contribution in [0, 0.1) is 5.92 Å². The first-order valence-electron chi connectivity index (χ1n) is 8.79. The predicted octanol–water partition coefficient (Wildman–Crippen LogP) is 3.60. The van der Waals surface area contributed by atoms with Crippen LogP contribution >= 0.6 is 22.7 Å². The zero-order chi connectivity index (χ0) is 20.5. The summed E-state index contributed by atoms with van der Waals surface area (Å²) in [6, 6.07) is 6.67. The van der Waals surface area contributed by atoms with Crippen LogP contribution in [0.1, 0.15) is 30.0 Å². The second-order valence-corrected chi connectivity index (χ2v) is 8.01. The Bertz CT molecular complexity index is 812. The molecule has 8 heteroatoms. The van der Waals surface area contributed by atoms with E-state index >= 15 is 0 Å². The fourth-order valence-corrected chi connectivity index (χ4v) is 3.79. The van der Waals surface area contributed by atoms with E-state index in [1.165, 1.54) is 29.8 Å². The summed E-state index contributed by atoms with van der Waals surface area (Å²) in [7, 11) is 1.27. The zero-order valence-corrected chi connectivity index (χ0v) is 17.6. The van der Waals surface area contributed by atoms with Crippen molar-refractivity contribution in [2.45, 2.75) is 26.3 Å². The van der Waals surface area contributed by atoms with Gasteiger partial charge >= 0.3 is 11.9 Å². The fraction of sp³-hybridized carbons (Fsp3) is 0.350. The van der Waals surface area contributed by atoms with Crippen LogP contribution in [0.5, 0.6) is 0 Å². The van der Waals surface area contributed by atoms with E-state index in [9.17, 15) is 14.4 Å². The molecule has 0 saturated carbocycles. The van der Waals surface area contributed by atoms with E-state index in [4.69, 9.17) is 9.47 Å². The first kappa shape index (κ1) is 21.8. The first-order valence-corrected chi connectivity index (χ1v) is 10.6. The van der Waals surface area contributed by atoms with Gasteiger partial charge in [0, 0.05) is 9.75 Å². The lowest BCUT2D eigenvalue weighted by atomic mass is 9.99. The van der Waals surface area contributed by atoms with Crippen LogP contribution in [0.25, 0.3) is 11.6 Å². The van der Waals surface area contributed by atoms with Gasteiger partial charge in [-0.1, -0.05) is 32.4 Å². The molecule has 2 atom stereocenters. The van der Waals surface area contributed by atoms with Gasteiger partial charge in [0.15, 0.2) is 6.61 Å². The molecule has 2 heterocycles. The molecule has 0 radical (unpaired) electrons. The summed E-state index contributed by atoms with van der Waals surface area (Å²) in [6.07, 6.45) is 2.43. The number of thiophene rings is 2. The van der Waals surface area contributed by atoms with Gasteiger partial charge in [-0.15, -0.1) is 22.7 Å². The summed E-state index contributed by atoms with van der Waals surface area (Å²) in [5.41, 5.74) is 0.386. The molecule has 1 amide bonds. The van der Waals surface area contributed by atoms with Crippen molar-refractivity contribution in [1.82, 2.24) is 5.32 Å². The Morgan fingerprint density at radius 2 is 1.89 bits per heavy atom. The van der Waals surface area contributed by atoms with E-state index in [0.717, 1.165) is 9.75 Å². The molecule has 0 aliphatic carbocycles. The van der Waals surface area contributed by atoms with Crippen LogP contribution in [-0.2, 0) is 23.9 Å². The van der Waals surface area contributed by atoms with E-state index in [2.05, 4.69) is 5.32 Å². The average Bonchev–Trinajstić information content (AvgIpc) is 3.41. The highest BCUT2D eigenvalue weighted by molar-refractivity contribution is 7.12. The summed E-state index contributed by atoms with van der Waals surface area (Å²) in [6.45, 7) is 3.28. The number of nitrogens with one attached hydrogen (secondary N) is 1. The van der Waals surface area contributed by atoms with Gasteiger partial charge in [0.2, 0.25) is 0 Å². The molecular weight excluding hydrogens is 398 g/mol. The van der Waals surface area contributed by atoms with Gasteiger partial charge in [-0.2, -0.15) is 0 Å². The van der Waals surface area contributed by atoms with Crippen LogP contribution in [0.15, 0.2) is 35.0 Å². The standard InChI is InChI=1S/C20H23NO5S2/c1-4-13(2)18(20(24)25-3)21-17(22)12-26-19(23)15(16-8-6-10-28-16)11-14-7-5-9-27-14/h5-11,13,18H,4,12H2,1-3H3,(H,21,22)/b15-11+/t13-,18+/m1/s1. The van der Waals surface area contributed by atoms with Crippen molar-refractivity contribution >= 4 is 52.2 Å². The number of methoxy groups -OCH3 is 1. The number of rotatable bonds is 9. The van der Waals surface area contributed by atoms with Crippen molar-refractivity contribution in [2.75, 3.05) is 13.7 Å². The van der Waals surface area contributed by atoms with Crippen molar-refractivity contribution < 1.29 is 23.9 Å². The topological polar surface area (TPSA) is 81.7 Å². The normalized spacial score (nSPS) is 13.5. The Hall–Kier alpha value is -2.45. The SMILES string of the molecule is CC[C@@H](C)[C@H](NC(=O)COC(=O)/C(=C/c1cccs1)c1cccs1)C(=O)OC. The summed E-state index contributed by atoms with van der Waals surface area (Å²) < 4.78 is 9.95. The first-order chi connectivity index (χ1) is 13.5. The fourth-order valence-electron chi connectivity index (χ4n) is 2.40. The highest BCUT2D eigenvalue weighted by Gasteiger charge is 2.27. The lowest BCUT2D eigenvalue weighted by molar-refractivity contribution is -0.148. The Morgan fingerprint density at radius 3 is 2.46 bits per heavy atom. The summed E-state index contributed by atoms with van der Waals surface area (Å²) in [4.78, 5) is 38.3. The minimum atomic E-state index is -0.778. The maximum absolute atomic E-state index is 12.6. The third kappa shape index (κ3) is 6.03. The minimum Gasteiger partial charge on any atom is -0.467 e. The van der Waals surface area contributed by atoms with Crippen LogP contribution in [-0.4, -0.2) is 37.6 Å². The second-order valence-electron chi connectivity index (χ2n) is 6.08. The Kier molecular flexibility index (Phi) is 8.41. The molecule has 0 spiro atoms. The molecule has 0 aliphatic rings. The van der Waals surface area contributed by atoms with Crippen molar-refractivity contribution in [2.24, 2.45) is 5.92 Å². The number of carbonyl (C=O) groups excluding carboxylic acids is 3. The number of hydrogen-bond donors (Lipinski definition) is 1. The molecule has 28 heavy (non-hydrogen) atoms.